The summed E-state index contributed by atoms with van der Waals surface area (Å²) in [7, 11) is 0. The molecule has 0 aliphatic rings. The van der Waals surface area contributed by atoms with Gasteiger partial charge in [0.05, 0.1) is 29.2 Å². The van der Waals surface area contributed by atoms with E-state index in [-0.39, 0.29) is 12.3 Å². The molecule has 0 radical (unpaired) electrons. The van der Waals surface area contributed by atoms with Gasteiger partial charge in [0.1, 0.15) is 17.3 Å². The number of urea groups is 1. The van der Waals surface area contributed by atoms with Crippen molar-refractivity contribution < 1.29 is 23.1 Å². The highest BCUT2D eigenvalue weighted by atomic mass is 19.1. The Morgan fingerprint density at radius 1 is 0.878 bits per heavy atom. The highest BCUT2D eigenvalue weighted by molar-refractivity contribution is 6.03. The zero-order valence-corrected chi connectivity index (χ0v) is 24.0. The van der Waals surface area contributed by atoms with Gasteiger partial charge in [-0.25, -0.2) is 18.4 Å². The Morgan fingerprint density at radius 2 is 1.56 bits per heavy atom. The molecule has 0 spiro atoms. The van der Waals surface area contributed by atoms with Crippen LogP contribution in [-0.4, -0.2) is 36.3 Å². The minimum Gasteiger partial charge on any atom is -0.461 e. The Morgan fingerprint density at radius 3 is 2.22 bits per heavy atom. The van der Waals surface area contributed by atoms with Crippen LogP contribution in [0.1, 0.15) is 45.1 Å². The highest BCUT2D eigenvalue weighted by Crippen LogP contribution is 2.33. The molecule has 216 valence electrons. The number of halogens is 2. The van der Waals surface area contributed by atoms with Crippen LogP contribution in [0.3, 0.4) is 0 Å². The predicted octanol–water partition coefficient (Wildman–Crippen LogP) is 7.85. The number of aromatic nitrogens is 1. The molecule has 0 aliphatic carbocycles. The summed E-state index contributed by atoms with van der Waals surface area (Å²) in [6.45, 7) is 11.9. The normalized spacial score (nSPS) is 11.2. The van der Waals surface area contributed by atoms with Gasteiger partial charge in [-0.1, -0.05) is 45.9 Å². The van der Waals surface area contributed by atoms with Crippen LogP contribution >= 0.6 is 0 Å². The first-order chi connectivity index (χ1) is 19.6. The van der Waals surface area contributed by atoms with Gasteiger partial charge >= 0.3 is 12.0 Å². The van der Waals surface area contributed by atoms with E-state index in [2.05, 4.69) is 43.2 Å². The van der Waals surface area contributed by atoms with Crippen molar-refractivity contribution in [3.63, 3.8) is 0 Å². The standard InChI is InChI=1S/C32H36F2N4O3/c1-6-41-31(39)30-15-22-9-7-8-10-28(22)38(30)24-12-14-29(37(18-20(2)3)19-21(4)5)27(17-24)36-32(40)35-26-13-11-23(33)16-25(26)34/h7-17,20-21H,6,18-19H2,1-5H3,(H2,35,36,40). The second-order valence-corrected chi connectivity index (χ2v) is 10.7. The Bertz CT molecular complexity index is 1540. The van der Waals surface area contributed by atoms with E-state index in [1.54, 1.807) is 23.6 Å². The monoisotopic (exact) mass is 562 g/mol. The topological polar surface area (TPSA) is 75.6 Å². The number of fused-ring (bicyclic) bond motifs is 1. The lowest BCUT2D eigenvalue weighted by Crippen LogP contribution is -2.32. The molecule has 2 amide bonds. The smallest absolute Gasteiger partial charge is 0.355 e. The van der Waals surface area contributed by atoms with Crippen LogP contribution in [-0.2, 0) is 4.74 Å². The van der Waals surface area contributed by atoms with Gasteiger partial charge in [-0.05, 0) is 61.2 Å². The van der Waals surface area contributed by atoms with Gasteiger partial charge in [0.2, 0.25) is 0 Å². The van der Waals surface area contributed by atoms with Crippen LogP contribution in [0.2, 0.25) is 0 Å². The largest absolute Gasteiger partial charge is 0.461 e. The van der Waals surface area contributed by atoms with Crippen LogP contribution in [0.4, 0.5) is 30.6 Å². The van der Waals surface area contributed by atoms with Crippen molar-refractivity contribution in [1.29, 1.82) is 0 Å². The molecule has 1 aromatic heterocycles. The molecule has 0 aliphatic heterocycles. The molecule has 1 heterocycles. The minimum absolute atomic E-state index is 0.149. The fourth-order valence-electron chi connectivity index (χ4n) is 4.85. The Balaban J connectivity index is 1.83. The average Bonchev–Trinajstić information content (AvgIpc) is 3.29. The van der Waals surface area contributed by atoms with Gasteiger partial charge in [0, 0.05) is 30.2 Å². The van der Waals surface area contributed by atoms with Crippen molar-refractivity contribution >= 4 is 40.0 Å². The quantitative estimate of drug-likeness (QED) is 0.193. The molecule has 41 heavy (non-hydrogen) atoms. The van der Waals surface area contributed by atoms with Crippen molar-refractivity contribution in [2.45, 2.75) is 34.6 Å². The molecular weight excluding hydrogens is 526 g/mol. The number of para-hydroxylation sites is 1. The maximum atomic E-state index is 14.3. The maximum Gasteiger partial charge on any atom is 0.355 e. The Hall–Kier alpha value is -4.40. The average molecular weight is 563 g/mol. The molecule has 0 bridgehead atoms. The van der Waals surface area contributed by atoms with E-state index in [0.29, 0.717) is 35.0 Å². The van der Waals surface area contributed by atoms with E-state index >= 15 is 0 Å². The van der Waals surface area contributed by atoms with Crippen molar-refractivity contribution in [3.05, 3.63) is 84.1 Å². The second kappa shape index (κ2) is 12.8. The molecule has 0 atom stereocenters. The number of anilines is 3. The van der Waals surface area contributed by atoms with Crippen molar-refractivity contribution in [2.24, 2.45) is 11.8 Å². The van der Waals surface area contributed by atoms with Crippen LogP contribution in [0.25, 0.3) is 16.6 Å². The molecule has 0 saturated heterocycles. The van der Waals surface area contributed by atoms with E-state index in [1.165, 1.54) is 6.07 Å². The number of rotatable bonds is 10. The number of esters is 1. The van der Waals surface area contributed by atoms with Gasteiger partial charge in [-0.2, -0.15) is 0 Å². The lowest BCUT2D eigenvalue weighted by molar-refractivity contribution is 0.0517. The number of hydrogen-bond donors (Lipinski definition) is 2. The highest BCUT2D eigenvalue weighted by Gasteiger charge is 2.21. The van der Waals surface area contributed by atoms with Gasteiger partial charge in [-0.3, -0.25) is 0 Å². The lowest BCUT2D eigenvalue weighted by atomic mass is 10.1. The summed E-state index contributed by atoms with van der Waals surface area (Å²) >= 11 is 0. The summed E-state index contributed by atoms with van der Waals surface area (Å²) in [4.78, 5) is 28.3. The van der Waals surface area contributed by atoms with E-state index in [0.717, 1.165) is 35.7 Å². The fraction of sp³-hybridized carbons (Fsp3) is 0.312. The molecule has 9 heteroatoms. The maximum absolute atomic E-state index is 14.3. The van der Waals surface area contributed by atoms with Crippen LogP contribution < -0.4 is 15.5 Å². The SMILES string of the molecule is CCOC(=O)c1cc2ccccc2n1-c1ccc(N(CC(C)C)CC(C)C)c(NC(=O)Nc2ccc(F)cc2F)c1. The van der Waals surface area contributed by atoms with E-state index in [1.807, 2.05) is 36.4 Å². The van der Waals surface area contributed by atoms with Crippen molar-refractivity contribution in [2.75, 3.05) is 35.2 Å². The molecule has 0 saturated carbocycles. The Labute approximate surface area is 239 Å². The summed E-state index contributed by atoms with van der Waals surface area (Å²) in [6.07, 6.45) is 0. The zero-order valence-electron chi connectivity index (χ0n) is 24.0. The second-order valence-electron chi connectivity index (χ2n) is 10.7. The number of carbonyl (C=O) groups is 2. The first-order valence-corrected chi connectivity index (χ1v) is 13.8. The molecular formula is C32H36F2N4O3. The van der Waals surface area contributed by atoms with E-state index in [4.69, 9.17) is 4.74 Å². The van der Waals surface area contributed by atoms with Gasteiger partial charge in [0.25, 0.3) is 0 Å². The molecule has 4 aromatic rings. The number of ether oxygens (including phenoxy) is 1. The first-order valence-electron chi connectivity index (χ1n) is 13.8. The molecule has 0 unspecified atom stereocenters. The fourth-order valence-corrected chi connectivity index (χ4v) is 4.85. The van der Waals surface area contributed by atoms with Gasteiger partial charge in [-0.15, -0.1) is 0 Å². The minimum atomic E-state index is -0.881. The van der Waals surface area contributed by atoms with E-state index in [9.17, 15) is 18.4 Å². The third kappa shape index (κ3) is 7.03. The van der Waals surface area contributed by atoms with Gasteiger partial charge in [0.15, 0.2) is 0 Å². The van der Waals surface area contributed by atoms with Crippen LogP contribution in [0, 0.1) is 23.5 Å². The van der Waals surface area contributed by atoms with Crippen LogP contribution in [0.15, 0.2) is 66.7 Å². The van der Waals surface area contributed by atoms with Gasteiger partial charge < -0.3 is 24.8 Å². The van der Waals surface area contributed by atoms with E-state index < -0.39 is 23.6 Å². The van der Waals surface area contributed by atoms with Crippen LogP contribution in [0.5, 0.6) is 0 Å². The molecule has 3 aromatic carbocycles. The summed E-state index contributed by atoms with van der Waals surface area (Å²) in [5.41, 5.74) is 2.88. The number of amides is 2. The number of carbonyl (C=O) groups excluding carboxylic acids is 2. The lowest BCUT2D eigenvalue weighted by Gasteiger charge is -2.31. The predicted molar refractivity (Wildman–Crippen MR) is 160 cm³/mol. The zero-order chi connectivity index (χ0) is 29.7. The number of hydrogen-bond acceptors (Lipinski definition) is 4. The first kappa shape index (κ1) is 29.6. The summed E-state index contributed by atoms with van der Waals surface area (Å²) in [5.74, 6) is -1.40. The van der Waals surface area contributed by atoms with Crippen molar-refractivity contribution in [1.82, 2.24) is 4.57 Å². The molecule has 4 rings (SSSR count). The molecule has 2 N–H and O–H groups in total. The summed E-state index contributed by atoms with van der Waals surface area (Å²) in [5, 5.41) is 6.20. The third-order valence-electron chi connectivity index (χ3n) is 6.37. The Kier molecular flexibility index (Phi) is 9.27. The number of nitrogens with one attached hydrogen (secondary N) is 2. The van der Waals surface area contributed by atoms with Crippen molar-refractivity contribution in [3.8, 4) is 5.69 Å². The summed E-state index contributed by atoms with van der Waals surface area (Å²) < 4.78 is 34.8. The molecule has 7 nitrogen and oxygen atoms in total. The number of nitrogens with zero attached hydrogens (tertiary/aromatic N) is 2. The third-order valence-corrected chi connectivity index (χ3v) is 6.37. The molecule has 0 fully saturated rings. The summed E-state index contributed by atoms with van der Waals surface area (Å²) in [6, 6.07) is 17.3. The number of benzene rings is 3.